The Morgan fingerprint density at radius 2 is 1.78 bits per heavy atom. The highest BCUT2D eigenvalue weighted by atomic mass is 35.5. The molecule has 0 spiro atoms. The number of nitro benzene ring substituents is 1. The first-order valence-corrected chi connectivity index (χ1v) is 13.4. The van der Waals surface area contributed by atoms with Gasteiger partial charge in [-0.2, -0.15) is 0 Å². The van der Waals surface area contributed by atoms with Gasteiger partial charge in [-0.1, -0.05) is 35.3 Å². The number of carbonyl (C=O) groups is 2. The van der Waals surface area contributed by atoms with E-state index in [0.717, 1.165) is 16.6 Å². The van der Waals surface area contributed by atoms with Crippen LogP contribution in [0, 0.1) is 10.1 Å². The zero-order valence-corrected chi connectivity index (χ0v) is 22.8. The Balaban J connectivity index is 2.48. The Kier molecular flexibility index (Phi) is 9.33. The second-order valence-corrected chi connectivity index (χ2v) is 12.0. The molecule has 0 fully saturated rings. The van der Waals surface area contributed by atoms with Crippen LogP contribution in [0.3, 0.4) is 0 Å². The lowest BCUT2D eigenvalue weighted by Crippen LogP contribution is -2.54. The standard InChI is InChI=1S/C23H28Cl2N4O6S/c1-15(22(31)26-23(2,3)4)27(13-16-9-10-17(24)11-20(16)25)21(30)14-28(36(5,34)35)18-7-6-8-19(12-18)29(32)33/h6-12,15H,13-14H2,1-5H3,(H,26,31)/t15-/m0/s1. The summed E-state index contributed by atoms with van der Waals surface area (Å²) in [5, 5.41) is 14.6. The number of sulfonamides is 1. The van der Waals surface area contributed by atoms with Crippen LogP contribution in [0.4, 0.5) is 11.4 Å². The van der Waals surface area contributed by atoms with Crippen molar-refractivity contribution >= 4 is 56.4 Å². The van der Waals surface area contributed by atoms with E-state index in [0.29, 0.717) is 10.6 Å². The monoisotopic (exact) mass is 558 g/mol. The number of rotatable bonds is 9. The summed E-state index contributed by atoms with van der Waals surface area (Å²) in [5.74, 6) is -1.17. The van der Waals surface area contributed by atoms with Crippen LogP contribution in [0.2, 0.25) is 10.0 Å². The summed E-state index contributed by atoms with van der Waals surface area (Å²) in [4.78, 5) is 38.2. The molecule has 2 aromatic rings. The highest BCUT2D eigenvalue weighted by Crippen LogP contribution is 2.26. The summed E-state index contributed by atoms with van der Waals surface area (Å²) in [5.41, 5.74) is -0.488. The Morgan fingerprint density at radius 3 is 2.31 bits per heavy atom. The molecule has 2 amide bonds. The van der Waals surface area contributed by atoms with Gasteiger partial charge in [0.15, 0.2) is 0 Å². The number of nitro groups is 1. The SMILES string of the molecule is C[C@@H](C(=O)NC(C)(C)C)N(Cc1ccc(Cl)cc1Cl)C(=O)CN(c1cccc([N+](=O)[O-])c1)S(C)(=O)=O. The molecule has 0 bridgehead atoms. The van der Waals surface area contributed by atoms with Gasteiger partial charge in [0.05, 0.1) is 16.9 Å². The van der Waals surface area contributed by atoms with E-state index in [1.807, 2.05) is 0 Å². The van der Waals surface area contributed by atoms with Gasteiger partial charge in [0.25, 0.3) is 5.69 Å². The number of hydrogen-bond acceptors (Lipinski definition) is 6. The van der Waals surface area contributed by atoms with Gasteiger partial charge in [-0.25, -0.2) is 8.42 Å². The molecule has 0 heterocycles. The van der Waals surface area contributed by atoms with Crippen molar-refractivity contribution in [2.24, 2.45) is 0 Å². The van der Waals surface area contributed by atoms with Gasteiger partial charge in [-0.3, -0.25) is 24.0 Å². The fourth-order valence-corrected chi connectivity index (χ4v) is 4.58. The average Bonchev–Trinajstić information content (AvgIpc) is 2.74. The summed E-state index contributed by atoms with van der Waals surface area (Å²) in [6.07, 6.45) is 0.884. The third kappa shape index (κ3) is 8.07. The van der Waals surface area contributed by atoms with Crippen LogP contribution in [-0.4, -0.2) is 54.4 Å². The summed E-state index contributed by atoms with van der Waals surface area (Å²) < 4.78 is 25.9. The maximum atomic E-state index is 13.5. The quantitative estimate of drug-likeness (QED) is 0.365. The molecule has 0 saturated heterocycles. The highest BCUT2D eigenvalue weighted by molar-refractivity contribution is 7.92. The van der Waals surface area contributed by atoms with Crippen molar-refractivity contribution in [1.29, 1.82) is 0 Å². The number of benzene rings is 2. The lowest BCUT2D eigenvalue weighted by Gasteiger charge is -2.33. The first-order valence-electron chi connectivity index (χ1n) is 10.8. The van der Waals surface area contributed by atoms with E-state index in [9.17, 15) is 28.1 Å². The Bertz CT molecular complexity index is 1260. The van der Waals surface area contributed by atoms with Gasteiger partial charge in [0, 0.05) is 34.3 Å². The lowest BCUT2D eigenvalue weighted by atomic mass is 10.1. The van der Waals surface area contributed by atoms with Crippen molar-refractivity contribution in [3.8, 4) is 0 Å². The Hall–Kier alpha value is -2.89. The van der Waals surface area contributed by atoms with Crippen molar-refractivity contribution in [3.05, 3.63) is 68.2 Å². The molecule has 2 aromatic carbocycles. The van der Waals surface area contributed by atoms with E-state index in [4.69, 9.17) is 23.2 Å². The van der Waals surface area contributed by atoms with Crippen molar-refractivity contribution in [1.82, 2.24) is 10.2 Å². The van der Waals surface area contributed by atoms with E-state index < -0.39 is 44.9 Å². The third-order valence-corrected chi connectivity index (χ3v) is 6.76. The first kappa shape index (κ1) is 29.3. The van der Waals surface area contributed by atoms with Gasteiger partial charge in [0.1, 0.15) is 12.6 Å². The van der Waals surface area contributed by atoms with Crippen LogP contribution in [0.5, 0.6) is 0 Å². The number of hydrogen-bond donors (Lipinski definition) is 1. The van der Waals surface area contributed by atoms with Crippen molar-refractivity contribution < 1.29 is 22.9 Å². The molecular formula is C23H28Cl2N4O6S. The number of nitrogens with zero attached hydrogens (tertiary/aromatic N) is 3. The Labute approximate surface area is 220 Å². The van der Waals surface area contributed by atoms with Gasteiger partial charge in [-0.05, 0) is 51.5 Å². The summed E-state index contributed by atoms with van der Waals surface area (Å²) >= 11 is 12.3. The van der Waals surface area contributed by atoms with Crippen LogP contribution in [0.25, 0.3) is 0 Å². The minimum atomic E-state index is -4.03. The molecule has 2 rings (SSSR count). The van der Waals surface area contributed by atoms with Gasteiger partial charge in [-0.15, -0.1) is 0 Å². The van der Waals surface area contributed by atoms with E-state index >= 15 is 0 Å². The van der Waals surface area contributed by atoms with Crippen LogP contribution >= 0.6 is 23.2 Å². The third-order valence-electron chi connectivity index (χ3n) is 5.03. The van der Waals surface area contributed by atoms with E-state index in [2.05, 4.69) is 5.32 Å². The largest absolute Gasteiger partial charge is 0.350 e. The molecule has 0 aliphatic heterocycles. The average molecular weight is 559 g/mol. The lowest BCUT2D eigenvalue weighted by molar-refractivity contribution is -0.384. The normalized spacial score (nSPS) is 12.5. The fraction of sp³-hybridized carbons (Fsp3) is 0.391. The van der Waals surface area contributed by atoms with Crippen LogP contribution in [-0.2, 0) is 26.2 Å². The first-order chi connectivity index (χ1) is 16.5. The summed E-state index contributed by atoms with van der Waals surface area (Å²) in [7, 11) is -4.03. The molecule has 0 unspecified atom stereocenters. The molecular weight excluding hydrogens is 531 g/mol. The van der Waals surface area contributed by atoms with E-state index in [1.165, 1.54) is 36.1 Å². The summed E-state index contributed by atoms with van der Waals surface area (Å²) in [6.45, 7) is 6.06. The van der Waals surface area contributed by atoms with E-state index in [-0.39, 0.29) is 22.9 Å². The molecule has 0 aromatic heterocycles. The molecule has 36 heavy (non-hydrogen) atoms. The topological polar surface area (TPSA) is 130 Å². The number of anilines is 1. The second kappa shape index (κ2) is 11.4. The molecule has 196 valence electrons. The minimum Gasteiger partial charge on any atom is -0.350 e. The summed E-state index contributed by atoms with van der Waals surface area (Å²) in [6, 6.07) is 8.61. The molecule has 1 atom stereocenters. The Morgan fingerprint density at radius 1 is 1.14 bits per heavy atom. The predicted molar refractivity (Wildman–Crippen MR) is 140 cm³/mol. The number of nitrogens with one attached hydrogen (secondary N) is 1. The molecule has 0 aliphatic carbocycles. The molecule has 10 nitrogen and oxygen atoms in total. The maximum absolute atomic E-state index is 13.5. The molecule has 0 aliphatic rings. The van der Waals surface area contributed by atoms with Crippen LogP contribution < -0.4 is 9.62 Å². The van der Waals surface area contributed by atoms with Crippen LogP contribution in [0.1, 0.15) is 33.3 Å². The second-order valence-electron chi connectivity index (χ2n) is 9.22. The van der Waals surface area contributed by atoms with Crippen LogP contribution in [0.15, 0.2) is 42.5 Å². The predicted octanol–water partition coefficient (Wildman–Crippen LogP) is 4.00. The number of carbonyl (C=O) groups excluding carboxylic acids is 2. The van der Waals surface area contributed by atoms with Crippen molar-refractivity contribution in [2.45, 2.75) is 45.8 Å². The maximum Gasteiger partial charge on any atom is 0.271 e. The smallest absolute Gasteiger partial charge is 0.271 e. The van der Waals surface area contributed by atoms with Gasteiger partial charge >= 0.3 is 0 Å². The van der Waals surface area contributed by atoms with Crippen molar-refractivity contribution in [3.63, 3.8) is 0 Å². The van der Waals surface area contributed by atoms with E-state index in [1.54, 1.807) is 32.9 Å². The van der Waals surface area contributed by atoms with Crippen molar-refractivity contribution in [2.75, 3.05) is 17.1 Å². The molecule has 13 heteroatoms. The molecule has 0 saturated carbocycles. The fourth-order valence-electron chi connectivity index (χ4n) is 3.27. The number of amides is 2. The van der Waals surface area contributed by atoms with Gasteiger partial charge in [0.2, 0.25) is 21.8 Å². The minimum absolute atomic E-state index is 0.0590. The zero-order valence-electron chi connectivity index (χ0n) is 20.5. The molecule has 0 radical (unpaired) electrons. The number of halogens is 2. The zero-order chi connectivity index (χ0) is 27.4. The molecule has 1 N–H and O–H groups in total. The highest BCUT2D eigenvalue weighted by Gasteiger charge is 2.32. The number of non-ortho nitro benzene ring substituents is 1. The van der Waals surface area contributed by atoms with Gasteiger partial charge < -0.3 is 10.2 Å².